The van der Waals surface area contributed by atoms with Crippen molar-refractivity contribution >= 4 is 5.91 Å². The van der Waals surface area contributed by atoms with Crippen molar-refractivity contribution in [3.8, 4) is 0 Å². The number of amides is 1. The van der Waals surface area contributed by atoms with Gasteiger partial charge in [0.1, 0.15) is 0 Å². The number of nitrogens with one attached hydrogen (secondary N) is 1. The minimum atomic E-state index is 0.348. The number of carbonyl (C=O) groups excluding carboxylic acids is 1. The molecule has 1 N–H and O–H groups in total. The van der Waals surface area contributed by atoms with Crippen LogP contribution in [-0.4, -0.2) is 37.0 Å². The molecular formula is C13H26N2O. The van der Waals surface area contributed by atoms with Gasteiger partial charge in [0.25, 0.3) is 0 Å². The van der Waals surface area contributed by atoms with E-state index in [0.717, 1.165) is 25.9 Å². The van der Waals surface area contributed by atoms with Crippen LogP contribution in [0.25, 0.3) is 0 Å². The summed E-state index contributed by atoms with van der Waals surface area (Å²) in [5, 5.41) is 3.31. The molecule has 0 aromatic rings. The molecule has 1 amide bonds. The van der Waals surface area contributed by atoms with Gasteiger partial charge in [-0.15, -0.1) is 0 Å². The van der Waals surface area contributed by atoms with E-state index in [1.54, 1.807) is 0 Å². The third kappa shape index (κ3) is 4.12. The predicted octanol–water partition coefficient (Wildman–Crippen LogP) is 2.02. The average molecular weight is 226 g/mol. The molecule has 0 bridgehead atoms. The summed E-state index contributed by atoms with van der Waals surface area (Å²) in [6.07, 6.45) is 5.48. The molecule has 0 spiro atoms. The Morgan fingerprint density at radius 3 is 2.56 bits per heavy atom. The van der Waals surface area contributed by atoms with Gasteiger partial charge in [-0.2, -0.15) is 0 Å². The summed E-state index contributed by atoms with van der Waals surface area (Å²) in [6.45, 7) is 6.22. The van der Waals surface area contributed by atoms with Crippen molar-refractivity contribution in [3.05, 3.63) is 0 Å². The molecule has 1 saturated heterocycles. The van der Waals surface area contributed by atoms with Crippen LogP contribution in [0.5, 0.6) is 0 Å². The van der Waals surface area contributed by atoms with Gasteiger partial charge >= 0.3 is 0 Å². The Morgan fingerprint density at radius 2 is 1.94 bits per heavy atom. The number of carbonyl (C=O) groups is 1. The first-order valence-corrected chi connectivity index (χ1v) is 6.60. The minimum absolute atomic E-state index is 0.348. The van der Waals surface area contributed by atoms with Crippen molar-refractivity contribution in [1.82, 2.24) is 10.2 Å². The van der Waals surface area contributed by atoms with Crippen molar-refractivity contribution < 1.29 is 4.79 Å². The first kappa shape index (κ1) is 13.5. The molecular weight excluding hydrogens is 200 g/mol. The van der Waals surface area contributed by atoms with Crippen LogP contribution in [0.3, 0.4) is 0 Å². The van der Waals surface area contributed by atoms with E-state index in [0.29, 0.717) is 17.9 Å². The lowest BCUT2D eigenvalue weighted by molar-refractivity contribution is -0.132. The molecule has 1 rings (SSSR count). The highest BCUT2D eigenvalue weighted by molar-refractivity contribution is 5.76. The van der Waals surface area contributed by atoms with Crippen molar-refractivity contribution in [3.63, 3.8) is 0 Å². The number of hydrogen-bond donors (Lipinski definition) is 1. The lowest BCUT2D eigenvalue weighted by Gasteiger charge is -2.30. The third-order valence-electron chi connectivity index (χ3n) is 3.51. The van der Waals surface area contributed by atoms with Crippen LogP contribution in [0.2, 0.25) is 0 Å². The molecule has 16 heavy (non-hydrogen) atoms. The zero-order chi connectivity index (χ0) is 12.0. The second kappa shape index (κ2) is 6.89. The second-order valence-electron chi connectivity index (χ2n) is 5.14. The Kier molecular flexibility index (Phi) is 5.81. The van der Waals surface area contributed by atoms with Crippen LogP contribution in [0.15, 0.2) is 0 Å². The highest BCUT2D eigenvalue weighted by atomic mass is 16.2. The smallest absolute Gasteiger partial charge is 0.222 e. The maximum atomic E-state index is 11.9. The monoisotopic (exact) mass is 226 g/mol. The molecule has 1 atom stereocenters. The maximum absolute atomic E-state index is 11.9. The van der Waals surface area contributed by atoms with E-state index >= 15 is 0 Å². The zero-order valence-corrected chi connectivity index (χ0v) is 11.0. The number of nitrogens with zero attached hydrogens (tertiary/aromatic N) is 1. The molecule has 1 heterocycles. The quantitative estimate of drug-likeness (QED) is 0.795. The lowest BCUT2D eigenvalue weighted by atomic mass is 10.0. The largest absolute Gasteiger partial charge is 0.341 e. The van der Waals surface area contributed by atoms with E-state index in [4.69, 9.17) is 0 Å². The molecule has 0 saturated carbocycles. The van der Waals surface area contributed by atoms with Gasteiger partial charge in [0, 0.05) is 25.6 Å². The molecule has 1 aliphatic heterocycles. The van der Waals surface area contributed by atoms with Crippen molar-refractivity contribution in [2.75, 3.05) is 20.1 Å². The molecule has 0 aliphatic carbocycles. The number of rotatable bonds is 4. The number of likely N-dealkylation sites (N-methyl/N-ethyl adjacent to an activating group) is 1. The van der Waals surface area contributed by atoms with Gasteiger partial charge in [0.15, 0.2) is 0 Å². The molecule has 1 aliphatic rings. The summed E-state index contributed by atoms with van der Waals surface area (Å²) in [4.78, 5) is 14.0. The van der Waals surface area contributed by atoms with E-state index in [2.05, 4.69) is 24.1 Å². The summed E-state index contributed by atoms with van der Waals surface area (Å²) in [5.74, 6) is 0.920. The topological polar surface area (TPSA) is 32.3 Å². The first-order chi connectivity index (χ1) is 7.65. The van der Waals surface area contributed by atoms with Gasteiger partial charge in [-0.1, -0.05) is 26.7 Å². The summed E-state index contributed by atoms with van der Waals surface area (Å²) < 4.78 is 0. The summed E-state index contributed by atoms with van der Waals surface area (Å²) >= 11 is 0. The molecule has 3 heteroatoms. The Bertz CT molecular complexity index is 216. The Balaban J connectivity index is 2.50. The van der Waals surface area contributed by atoms with Gasteiger partial charge in [0.2, 0.25) is 5.91 Å². The van der Waals surface area contributed by atoms with Crippen LogP contribution in [0, 0.1) is 5.92 Å². The molecule has 3 nitrogen and oxygen atoms in total. The second-order valence-corrected chi connectivity index (χ2v) is 5.14. The first-order valence-electron chi connectivity index (χ1n) is 6.60. The highest BCUT2D eigenvalue weighted by Crippen LogP contribution is 2.13. The standard InChI is InChI=1S/C13H26N2O/c1-11(2)12(14-3)10-15-9-7-5-4-6-8-13(15)16/h11-12,14H,4-10H2,1-3H3. The van der Waals surface area contributed by atoms with E-state index in [1.165, 1.54) is 19.3 Å². The van der Waals surface area contributed by atoms with Crippen LogP contribution in [0.4, 0.5) is 0 Å². The van der Waals surface area contributed by atoms with E-state index in [1.807, 2.05) is 7.05 Å². The zero-order valence-electron chi connectivity index (χ0n) is 11.0. The van der Waals surface area contributed by atoms with Crippen LogP contribution in [-0.2, 0) is 4.79 Å². The average Bonchev–Trinajstić information content (AvgIpc) is 2.23. The summed E-state index contributed by atoms with van der Waals surface area (Å²) in [5.41, 5.74) is 0. The van der Waals surface area contributed by atoms with Crippen molar-refractivity contribution in [2.24, 2.45) is 5.92 Å². The highest BCUT2D eigenvalue weighted by Gasteiger charge is 2.20. The molecule has 94 valence electrons. The fourth-order valence-electron chi connectivity index (χ4n) is 2.28. The predicted molar refractivity (Wildman–Crippen MR) is 67.4 cm³/mol. The molecule has 0 radical (unpaired) electrons. The van der Waals surface area contributed by atoms with Crippen molar-refractivity contribution in [2.45, 2.75) is 52.0 Å². The lowest BCUT2D eigenvalue weighted by Crippen LogP contribution is -2.45. The van der Waals surface area contributed by atoms with Gasteiger partial charge in [0.05, 0.1) is 0 Å². The van der Waals surface area contributed by atoms with Gasteiger partial charge in [-0.05, 0) is 25.8 Å². The number of likely N-dealkylation sites (tertiary alicyclic amines) is 1. The fraction of sp³-hybridized carbons (Fsp3) is 0.923. The minimum Gasteiger partial charge on any atom is -0.341 e. The Labute approximate surface area is 99.6 Å². The molecule has 0 aromatic heterocycles. The van der Waals surface area contributed by atoms with Crippen LogP contribution >= 0.6 is 0 Å². The Morgan fingerprint density at radius 1 is 1.25 bits per heavy atom. The van der Waals surface area contributed by atoms with E-state index < -0.39 is 0 Å². The molecule has 1 fully saturated rings. The van der Waals surface area contributed by atoms with Gasteiger partial charge < -0.3 is 10.2 Å². The summed E-state index contributed by atoms with van der Waals surface area (Å²) in [7, 11) is 1.99. The van der Waals surface area contributed by atoms with Gasteiger partial charge in [-0.3, -0.25) is 4.79 Å². The fourth-order valence-corrected chi connectivity index (χ4v) is 2.28. The van der Waals surface area contributed by atoms with Gasteiger partial charge in [-0.25, -0.2) is 0 Å². The Hall–Kier alpha value is -0.570. The summed E-state index contributed by atoms with van der Waals surface area (Å²) in [6, 6.07) is 0.420. The number of hydrogen-bond acceptors (Lipinski definition) is 2. The van der Waals surface area contributed by atoms with Crippen LogP contribution in [0.1, 0.15) is 46.0 Å². The van der Waals surface area contributed by atoms with Crippen molar-refractivity contribution in [1.29, 1.82) is 0 Å². The SMILES string of the molecule is CNC(CN1CCCCCCC1=O)C(C)C. The normalized spacial score (nSPS) is 20.8. The molecule has 1 unspecified atom stereocenters. The van der Waals surface area contributed by atoms with Crippen LogP contribution < -0.4 is 5.32 Å². The van der Waals surface area contributed by atoms with E-state index in [9.17, 15) is 4.79 Å². The maximum Gasteiger partial charge on any atom is 0.222 e. The van der Waals surface area contributed by atoms with E-state index in [-0.39, 0.29) is 0 Å². The third-order valence-corrected chi connectivity index (χ3v) is 3.51. The molecule has 0 aromatic carbocycles.